The monoisotopic (exact) mass is 567 g/mol. The number of nitrogens with zero attached hydrogens (tertiary/aromatic N) is 9. The summed E-state index contributed by atoms with van der Waals surface area (Å²) in [5.41, 5.74) is 6.09. The van der Waals surface area contributed by atoms with Gasteiger partial charge >= 0.3 is 0 Å². The van der Waals surface area contributed by atoms with Crippen LogP contribution in [0.3, 0.4) is 0 Å². The molecule has 0 N–H and O–H groups in total. The minimum Gasteiger partial charge on any atom is -0.356 e. The van der Waals surface area contributed by atoms with E-state index in [1.165, 1.54) is 0 Å². The van der Waals surface area contributed by atoms with Crippen LogP contribution in [0.2, 0.25) is 0 Å². The molecule has 1 atom stereocenters. The minimum absolute atomic E-state index is 0.00604. The number of nitriles is 1. The second kappa shape index (κ2) is 10.4. The molecular weight excluding hydrogens is 538 g/mol. The molecule has 43 heavy (non-hydrogen) atoms. The Hall–Kier alpha value is -5.52. The van der Waals surface area contributed by atoms with Crippen molar-refractivity contribution in [2.45, 2.75) is 31.3 Å². The summed E-state index contributed by atoms with van der Waals surface area (Å²) < 4.78 is 3.50. The van der Waals surface area contributed by atoms with Crippen LogP contribution in [0.15, 0.2) is 90.2 Å². The Kier molecular flexibility index (Phi) is 6.38. The lowest BCUT2D eigenvalue weighted by molar-refractivity contribution is 0.328. The van der Waals surface area contributed by atoms with Gasteiger partial charge in [-0.2, -0.15) is 15.5 Å². The van der Waals surface area contributed by atoms with E-state index in [0.29, 0.717) is 37.2 Å². The Labute approximate surface area is 248 Å². The maximum Gasteiger partial charge on any atom is 0.148 e. The molecule has 0 radical (unpaired) electrons. The zero-order valence-electron chi connectivity index (χ0n) is 23.9. The first-order chi connectivity index (χ1) is 21.0. The molecule has 0 amide bonds. The first-order valence-corrected chi connectivity index (χ1v) is 14.3. The van der Waals surface area contributed by atoms with Crippen molar-refractivity contribution in [1.29, 1.82) is 5.26 Å². The van der Waals surface area contributed by atoms with Crippen LogP contribution in [-0.4, -0.2) is 60.2 Å². The summed E-state index contributed by atoms with van der Waals surface area (Å²) in [7, 11) is 1.88. The van der Waals surface area contributed by atoms with Crippen LogP contribution in [0, 0.1) is 11.3 Å². The van der Waals surface area contributed by atoms with Crippen LogP contribution in [0.25, 0.3) is 27.8 Å². The molecule has 6 heterocycles. The van der Waals surface area contributed by atoms with E-state index in [1.807, 2.05) is 73.4 Å². The van der Waals surface area contributed by atoms with Crippen LogP contribution in [0.1, 0.15) is 36.9 Å². The molecule has 10 nitrogen and oxygen atoms in total. The average Bonchev–Trinajstić information content (AvgIpc) is 3.78. The number of aliphatic imine (C=N–C) groups is 1. The van der Waals surface area contributed by atoms with Gasteiger partial charge in [0.25, 0.3) is 0 Å². The van der Waals surface area contributed by atoms with Gasteiger partial charge in [0.05, 0.1) is 35.9 Å². The Morgan fingerprint density at radius 2 is 1.77 bits per heavy atom. The summed E-state index contributed by atoms with van der Waals surface area (Å²) in [6.07, 6.45) is 12.3. The van der Waals surface area contributed by atoms with Crippen LogP contribution in [0.5, 0.6) is 0 Å². The number of benzene rings is 1. The fourth-order valence-corrected chi connectivity index (χ4v) is 6.22. The van der Waals surface area contributed by atoms with Crippen LogP contribution in [-0.2, 0) is 11.8 Å². The van der Waals surface area contributed by atoms with Gasteiger partial charge in [0.2, 0.25) is 0 Å². The van der Waals surface area contributed by atoms with Gasteiger partial charge in [0.15, 0.2) is 0 Å². The predicted molar refractivity (Wildman–Crippen MR) is 164 cm³/mol. The lowest BCUT2D eigenvalue weighted by Gasteiger charge is -2.39. The molecule has 1 spiro atoms. The normalized spacial score (nSPS) is 16.5. The van der Waals surface area contributed by atoms with E-state index in [2.05, 4.69) is 52.2 Å². The number of aromatic nitrogens is 5. The summed E-state index contributed by atoms with van der Waals surface area (Å²) in [5.74, 6) is 3.10. The van der Waals surface area contributed by atoms with Gasteiger partial charge in [-0.15, -0.1) is 0 Å². The molecule has 1 fully saturated rings. The van der Waals surface area contributed by atoms with E-state index < -0.39 is 5.54 Å². The zero-order chi connectivity index (χ0) is 29.6. The molecule has 5 aromatic rings. The van der Waals surface area contributed by atoms with E-state index in [4.69, 9.17) is 9.98 Å². The van der Waals surface area contributed by atoms with Gasteiger partial charge in [0, 0.05) is 61.0 Å². The standard InChI is InChI=1S/C33H29N9O/c1-23(24-6-4-3-5-7-24)41-22-36-33(30(41)21-43)10-12-40(13-11-33)31-9-8-25(16-35-31)29-14-26(28-18-37-39(2)19-28)20-42-32(29)27(15-34)17-38-42/h3-9,14,16-20,22-23H,10-13H2,1-2H3/t23-/m0/s1. The van der Waals surface area contributed by atoms with Crippen LogP contribution >= 0.6 is 0 Å². The van der Waals surface area contributed by atoms with Crippen LogP contribution in [0.4, 0.5) is 5.82 Å². The Morgan fingerprint density at radius 3 is 2.44 bits per heavy atom. The minimum atomic E-state index is -0.560. The molecule has 2 aliphatic rings. The molecule has 0 aliphatic carbocycles. The summed E-state index contributed by atoms with van der Waals surface area (Å²) in [4.78, 5) is 26.2. The van der Waals surface area contributed by atoms with Gasteiger partial charge in [-0.25, -0.2) is 14.3 Å². The quantitative estimate of drug-likeness (QED) is 0.280. The highest BCUT2D eigenvalue weighted by molar-refractivity contribution is 5.87. The molecule has 10 heteroatoms. The van der Waals surface area contributed by atoms with Gasteiger partial charge in [-0.05, 0) is 43.5 Å². The third kappa shape index (κ3) is 4.47. The van der Waals surface area contributed by atoms with Gasteiger partial charge in [-0.1, -0.05) is 30.3 Å². The lowest BCUT2D eigenvalue weighted by Crippen LogP contribution is -2.45. The Balaban J connectivity index is 1.12. The smallest absolute Gasteiger partial charge is 0.148 e. The molecule has 0 bridgehead atoms. The van der Waals surface area contributed by atoms with Gasteiger partial charge in [-0.3, -0.25) is 9.67 Å². The Bertz CT molecular complexity index is 1930. The summed E-state index contributed by atoms with van der Waals surface area (Å²) in [5, 5.41) is 18.5. The molecule has 1 saturated heterocycles. The average molecular weight is 568 g/mol. The number of piperidine rings is 1. The zero-order valence-corrected chi connectivity index (χ0v) is 23.9. The Morgan fingerprint density at radius 1 is 0.953 bits per heavy atom. The molecule has 1 aromatic carbocycles. The summed E-state index contributed by atoms with van der Waals surface area (Å²) in [6.45, 7) is 3.51. The summed E-state index contributed by atoms with van der Waals surface area (Å²) >= 11 is 0. The van der Waals surface area contributed by atoms with E-state index >= 15 is 0 Å². The lowest BCUT2D eigenvalue weighted by atomic mass is 9.85. The molecule has 4 aromatic heterocycles. The van der Waals surface area contributed by atoms with Crippen molar-refractivity contribution in [2.75, 3.05) is 18.0 Å². The molecule has 0 saturated carbocycles. The largest absolute Gasteiger partial charge is 0.356 e. The highest BCUT2D eigenvalue weighted by Gasteiger charge is 2.45. The first kappa shape index (κ1) is 26.4. The predicted octanol–water partition coefficient (Wildman–Crippen LogP) is 4.83. The second-order valence-corrected chi connectivity index (χ2v) is 11.1. The SMILES string of the molecule is C[C@@H](c1ccccc1)N1C=NC2(CCN(c3ccc(-c4cc(-c5cnn(C)c5)cn5ncc(C#N)c45)cn3)CC2)C1=C=O. The fraction of sp³-hybridized carbons (Fsp3) is 0.242. The number of hydrogen-bond donors (Lipinski definition) is 0. The van der Waals surface area contributed by atoms with Gasteiger partial charge in [0.1, 0.15) is 29.1 Å². The maximum absolute atomic E-state index is 12.2. The topological polar surface area (TPSA) is 108 Å². The summed E-state index contributed by atoms with van der Waals surface area (Å²) in [6, 6.07) is 18.5. The third-order valence-corrected chi connectivity index (χ3v) is 8.67. The van der Waals surface area contributed by atoms with Crippen LogP contribution < -0.4 is 4.90 Å². The van der Waals surface area contributed by atoms with Crippen molar-refractivity contribution in [3.63, 3.8) is 0 Å². The van der Waals surface area contributed by atoms with Gasteiger partial charge < -0.3 is 9.80 Å². The van der Waals surface area contributed by atoms with Crippen molar-refractivity contribution in [3.8, 4) is 28.3 Å². The molecule has 7 rings (SSSR count). The number of anilines is 1. The number of aryl methyl sites for hydroxylation is 1. The van der Waals surface area contributed by atoms with E-state index in [9.17, 15) is 10.1 Å². The fourth-order valence-electron chi connectivity index (χ4n) is 6.22. The van der Waals surface area contributed by atoms with Crippen molar-refractivity contribution in [1.82, 2.24) is 29.3 Å². The number of pyridine rings is 2. The maximum atomic E-state index is 12.2. The number of rotatable bonds is 5. The number of fused-ring (bicyclic) bond motifs is 1. The first-order valence-electron chi connectivity index (χ1n) is 14.3. The van der Waals surface area contributed by atoms with E-state index in [1.54, 1.807) is 15.4 Å². The van der Waals surface area contributed by atoms with E-state index in [-0.39, 0.29) is 6.04 Å². The third-order valence-electron chi connectivity index (χ3n) is 8.67. The highest BCUT2D eigenvalue weighted by atomic mass is 16.1. The van der Waals surface area contributed by atoms with Crippen molar-refractivity contribution in [2.24, 2.45) is 12.0 Å². The van der Waals surface area contributed by atoms with Crippen molar-refractivity contribution < 1.29 is 4.79 Å². The number of carbonyl (C=O) groups excluding carboxylic acids is 1. The molecule has 2 aliphatic heterocycles. The molecule has 0 unspecified atom stereocenters. The number of hydrogen-bond acceptors (Lipinski definition) is 8. The van der Waals surface area contributed by atoms with E-state index in [0.717, 1.165) is 39.2 Å². The molecular formula is C33H29N9O. The second-order valence-electron chi connectivity index (χ2n) is 11.1. The van der Waals surface area contributed by atoms with Crippen molar-refractivity contribution in [3.05, 3.63) is 96.3 Å². The highest BCUT2D eigenvalue weighted by Crippen LogP contribution is 2.42. The van der Waals surface area contributed by atoms with Crippen molar-refractivity contribution >= 4 is 23.6 Å². The molecule has 212 valence electrons.